The van der Waals surface area contributed by atoms with Gasteiger partial charge in [-0.15, -0.1) is 0 Å². The summed E-state index contributed by atoms with van der Waals surface area (Å²) in [5, 5.41) is 2.42. The highest BCUT2D eigenvalue weighted by molar-refractivity contribution is 6.39. The van der Waals surface area contributed by atoms with Gasteiger partial charge in [0.25, 0.3) is 11.8 Å². The molecule has 27 heavy (non-hydrogen) atoms. The van der Waals surface area contributed by atoms with Crippen LogP contribution in [0.4, 0.5) is 5.69 Å². The third-order valence-electron chi connectivity index (χ3n) is 4.22. The molecule has 0 unspecified atom stereocenters. The molecule has 0 atom stereocenters. The Kier molecular flexibility index (Phi) is 5.20. The van der Waals surface area contributed by atoms with Gasteiger partial charge in [0.2, 0.25) is 0 Å². The van der Waals surface area contributed by atoms with Gasteiger partial charge >= 0.3 is 11.8 Å². The molecule has 2 aromatic rings. The second-order valence-electron chi connectivity index (χ2n) is 5.93. The summed E-state index contributed by atoms with van der Waals surface area (Å²) >= 11 is 0. The predicted octanol–water partition coefficient (Wildman–Crippen LogP) is 0.302. The molecule has 1 aromatic carbocycles. The topological polar surface area (TPSA) is 126 Å². The molecular formula is C18H18N4O5. The van der Waals surface area contributed by atoms with Gasteiger partial charge in [0, 0.05) is 26.2 Å². The van der Waals surface area contributed by atoms with Gasteiger partial charge in [-0.2, -0.15) is 0 Å². The summed E-state index contributed by atoms with van der Waals surface area (Å²) in [5.41, 5.74) is 5.56. The quantitative estimate of drug-likeness (QED) is 0.752. The average Bonchev–Trinajstić information content (AvgIpc) is 3.22. The van der Waals surface area contributed by atoms with Crippen molar-refractivity contribution in [2.75, 3.05) is 31.5 Å². The number of anilines is 1. The van der Waals surface area contributed by atoms with Crippen LogP contribution >= 0.6 is 0 Å². The van der Waals surface area contributed by atoms with Gasteiger partial charge in [0.1, 0.15) is 0 Å². The predicted molar refractivity (Wildman–Crippen MR) is 94.8 cm³/mol. The number of para-hydroxylation sites is 1. The number of nitrogens with two attached hydrogens (primary N) is 1. The number of amides is 4. The summed E-state index contributed by atoms with van der Waals surface area (Å²) in [7, 11) is 0. The number of hydrogen-bond donors (Lipinski definition) is 2. The van der Waals surface area contributed by atoms with E-state index in [1.807, 2.05) is 0 Å². The third-order valence-corrected chi connectivity index (χ3v) is 4.22. The first-order chi connectivity index (χ1) is 13.0. The number of primary amides is 1. The Morgan fingerprint density at radius 3 is 2.22 bits per heavy atom. The van der Waals surface area contributed by atoms with E-state index in [-0.39, 0.29) is 49.1 Å². The number of furan rings is 1. The zero-order valence-corrected chi connectivity index (χ0v) is 14.4. The number of hydrogen-bond acceptors (Lipinski definition) is 5. The molecule has 0 aliphatic carbocycles. The van der Waals surface area contributed by atoms with Crippen molar-refractivity contribution in [1.82, 2.24) is 9.80 Å². The minimum atomic E-state index is -0.866. The first-order valence-corrected chi connectivity index (χ1v) is 8.29. The van der Waals surface area contributed by atoms with Crippen molar-refractivity contribution in [1.29, 1.82) is 0 Å². The smallest absolute Gasteiger partial charge is 0.313 e. The van der Waals surface area contributed by atoms with E-state index in [0.29, 0.717) is 0 Å². The normalized spacial score (nSPS) is 13.9. The lowest BCUT2D eigenvalue weighted by Gasteiger charge is -2.33. The van der Waals surface area contributed by atoms with Gasteiger partial charge in [0.05, 0.1) is 17.5 Å². The van der Waals surface area contributed by atoms with Gasteiger partial charge in [-0.3, -0.25) is 19.2 Å². The molecule has 0 saturated carbocycles. The molecule has 2 heterocycles. The van der Waals surface area contributed by atoms with Crippen molar-refractivity contribution < 1.29 is 23.6 Å². The van der Waals surface area contributed by atoms with Crippen molar-refractivity contribution in [2.45, 2.75) is 0 Å². The molecule has 0 spiro atoms. The number of nitrogens with one attached hydrogen (secondary N) is 1. The Balaban J connectivity index is 1.58. The highest BCUT2D eigenvalue weighted by atomic mass is 16.3. The Bertz CT molecular complexity index is 870. The van der Waals surface area contributed by atoms with Gasteiger partial charge in [-0.1, -0.05) is 12.1 Å². The minimum Gasteiger partial charge on any atom is -0.459 e. The highest BCUT2D eigenvalue weighted by Crippen LogP contribution is 2.15. The van der Waals surface area contributed by atoms with Crippen molar-refractivity contribution in [3.8, 4) is 0 Å². The zero-order valence-electron chi connectivity index (χ0n) is 14.4. The Morgan fingerprint density at radius 2 is 1.59 bits per heavy atom. The zero-order chi connectivity index (χ0) is 19.4. The number of carbonyl (C=O) groups is 4. The largest absolute Gasteiger partial charge is 0.459 e. The molecule has 9 nitrogen and oxygen atoms in total. The van der Waals surface area contributed by atoms with Crippen LogP contribution in [0.15, 0.2) is 47.1 Å². The van der Waals surface area contributed by atoms with Gasteiger partial charge in [-0.05, 0) is 24.3 Å². The van der Waals surface area contributed by atoms with Gasteiger partial charge < -0.3 is 25.3 Å². The van der Waals surface area contributed by atoms with Crippen LogP contribution in [0, 0.1) is 0 Å². The van der Waals surface area contributed by atoms with Crippen LogP contribution in [0.25, 0.3) is 0 Å². The fourth-order valence-electron chi connectivity index (χ4n) is 2.80. The molecule has 1 aliphatic heterocycles. The third kappa shape index (κ3) is 3.97. The Morgan fingerprint density at radius 1 is 0.926 bits per heavy atom. The summed E-state index contributed by atoms with van der Waals surface area (Å²) in [6.07, 6.45) is 1.42. The van der Waals surface area contributed by atoms with Crippen LogP contribution in [0.5, 0.6) is 0 Å². The summed E-state index contributed by atoms with van der Waals surface area (Å²) in [4.78, 5) is 51.1. The molecule has 3 N–H and O–H groups in total. The molecule has 3 rings (SSSR count). The average molecular weight is 370 g/mol. The standard InChI is InChI=1S/C18H18N4O5/c19-15(23)12-4-1-2-5-13(12)20-16(24)18(26)22-9-7-21(8-10-22)17(25)14-6-3-11-27-14/h1-6,11H,7-10H2,(H2,19,23)(H,20,24). The van der Waals surface area contributed by atoms with E-state index in [2.05, 4.69) is 5.32 Å². The van der Waals surface area contributed by atoms with Crippen LogP contribution in [-0.4, -0.2) is 59.6 Å². The molecule has 1 saturated heterocycles. The van der Waals surface area contributed by atoms with E-state index in [9.17, 15) is 19.2 Å². The van der Waals surface area contributed by atoms with Crippen LogP contribution in [0.2, 0.25) is 0 Å². The van der Waals surface area contributed by atoms with E-state index in [0.717, 1.165) is 0 Å². The maximum Gasteiger partial charge on any atom is 0.313 e. The van der Waals surface area contributed by atoms with Crippen molar-refractivity contribution >= 4 is 29.3 Å². The van der Waals surface area contributed by atoms with Crippen molar-refractivity contribution in [3.63, 3.8) is 0 Å². The Labute approximate surface area is 154 Å². The maximum atomic E-state index is 12.4. The monoisotopic (exact) mass is 370 g/mol. The molecular weight excluding hydrogens is 352 g/mol. The van der Waals surface area contributed by atoms with Crippen LogP contribution in [0.3, 0.4) is 0 Å². The molecule has 1 fully saturated rings. The maximum absolute atomic E-state index is 12.4. The molecule has 1 aliphatic rings. The summed E-state index contributed by atoms with van der Waals surface area (Å²) in [6, 6.07) is 9.37. The van der Waals surface area contributed by atoms with E-state index < -0.39 is 17.7 Å². The summed E-state index contributed by atoms with van der Waals surface area (Å²) < 4.78 is 5.08. The molecule has 0 bridgehead atoms. The van der Waals surface area contributed by atoms with Crippen LogP contribution in [-0.2, 0) is 9.59 Å². The number of rotatable bonds is 3. The van der Waals surface area contributed by atoms with E-state index in [1.165, 1.54) is 23.3 Å². The first kappa shape index (κ1) is 18.2. The molecule has 1 aromatic heterocycles. The fraction of sp³-hybridized carbons (Fsp3) is 0.222. The van der Waals surface area contributed by atoms with Gasteiger partial charge in [-0.25, -0.2) is 0 Å². The summed E-state index contributed by atoms with van der Waals surface area (Å²) in [5.74, 6) is -2.33. The number of benzene rings is 1. The van der Waals surface area contributed by atoms with Crippen molar-refractivity contribution in [2.24, 2.45) is 5.73 Å². The lowest BCUT2D eigenvalue weighted by Crippen LogP contribution is -2.53. The number of piperazine rings is 1. The summed E-state index contributed by atoms with van der Waals surface area (Å²) in [6.45, 7) is 1.01. The van der Waals surface area contributed by atoms with E-state index >= 15 is 0 Å². The van der Waals surface area contributed by atoms with Crippen LogP contribution < -0.4 is 11.1 Å². The van der Waals surface area contributed by atoms with Crippen molar-refractivity contribution in [3.05, 3.63) is 54.0 Å². The second-order valence-corrected chi connectivity index (χ2v) is 5.93. The minimum absolute atomic E-state index is 0.118. The number of carbonyl (C=O) groups excluding carboxylic acids is 4. The lowest BCUT2D eigenvalue weighted by molar-refractivity contribution is -0.144. The molecule has 140 valence electrons. The Hall–Kier alpha value is -3.62. The van der Waals surface area contributed by atoms with Crippen LogP contribution in [0.1, 0.15) is 20.9 Å². The second kappa shape index (κ2) is 7.73. The first-order valence-electron chi connectivity index (χ1n) is 8.29. The lowest BCUT2D eigenvalue weighted by atomic mass is 10.1. The SMILES string of the molecule is NC(=O)c1ccccc1NC(=O)C(=O)N1CCN(C(=O)c2ccco2)CC1. The molecule has 4 amide bonds. The number of nitrogens with zero attached hydrogens (tertiary/aromatic N) is 2. The van der Waals surface area contributed by atoms with E-state index in [4.69, 9.17) is 10.2 Å². The van der Waals surface area contributed by atoms with Gasteiger partial charge in [0.15, 0.2) is 5.76 Å². The molecule has 9 heteroatoms. The molecule has 0 radical (unpaired) electrons. The van der Waals surface area contributed by atoms with E-state index in [1.54, 1.807) is 29.2 Å². The highest BCUT2D eigenvalue weighted by Gasteiger charge is 2.29. The fourth-order valence-corrected chi connectivity index (χ4v) is 2.80.